The van der Waals surface area contributed by atoms with E-state index in [0.29, 0.717) is 18.7 Å². The number of hydrogen-bond acceptors (Lipinski definition) is 9. The fourth-order valence-electron chi connectivity index (χ4n) is 3.89. The van der Waals surface area contributed by atoms with Gasteiger partial charge in [-0.2, -0.15) is 44.6 Å². The molecule has 5 rings (SSSR count). The maximum absolute atomic E-state index is 12.5. The van der Waals surface area contributed by atoms with Crippen molar-refractivity contribution in [2.45, 2.75) is 30.9 Å². The Morgan fingerprint density at radius 3 is 1.94 bits per heavy atom. The van der Waals surface area contributed by atoms with Crippen LogP contribution in [-0.2, 0) is 20.8 Å². The number of likely N-dealkylation sites (N-methyl/N-ethyl adjacent to an activating group) is 1. The molecule has 0 spiro atoms. The van der Waals surface area contributed by atoms with Crippen molar-refractivity contribution >= 4 is 45.4 Å². The van der Waals surface area contributed by atoms with Crippen LogP contribution in [0.25, 0.3) is 21.3 Å². The Bertz CT molecular complexity index is 1800. The van der Waals surface area contributed by atoms with Gasteiger partial charge in [0.25, 0.3) is 5.91 Å². The number of amides is 1. The number of carboxylic acids is 3. The number of rotatable bonds is 6. The largest absolute Gasteiger partial charge is 0.493 e. The minimum absolute atomic E-state index is 0.0523. The lowest BCUT2D eigenvalue weighted by Crippen LogP contribution is -2.31. The Hall–Kier alpha value is -5.45. The second-order valence-corrected chi connectivity index (χ2v) is 11.8. The summed E-state index contributed by atoms with van der Waals surface area (Å²) in [6, 6.07) is 12.0. The topological polar surface area (TPSA) is 195 Å². The van der Waals surface area contributed by atoms with Crippen LogP contribution in [0.4, 0.5) is 39.5 Å². The molecular formula is C30H28F9N5O8S. The lowest BCUT2D eigenvalue weighted by Gasteiger charge is -2.24. The quantitative estimate of drug-likeness (QED) is 0.153. The maximum Gasteiger partial charge on any atom is 0.490 e. The molecule has 290 valence electrons. The highest BCUT2D eigenvalue weighted by Crippen LogP contribution is 2.37. The van der Waals surface area contributed by atoms with Crippen LogP contribution in [0.3, 0.4) is 0 Å². The Morgan fingerprint density at radius 1 is 0.887 bits per heavy atom. The molecule has 1 aliphatic heterocycles. The van der Waals surface area contributed by atoms with E-state index < -0.39 is 36.4 Å². The summed E-state index contributed by atoms with van der Waals surface area (Å²) in [4.78, 5) is 46.1. The van der Waals surface area contributed by atoms with Crippen molar-refractivity contribution < 1.29 is 78.7 Å². The number of alkyl halides is 9. The van der Waals surface area contributed by atoms with Gasteiger partial charge >= 0.3 is 36.4 Å². The molecule has 0 fully saturated rings. The summed E-state index contributed by atoms with van der Waals surface area (Å²) in [7, 11) is 3.98. The molecule has 0 radical (unpaired) electrons. The molecule has 3 heterocycles. The molecule has 4 aromatic rings. The van der Waals surface area contributed by atoms with Crippen LogP contribution in [0.5, 0.6) is 5.75 Å². The highest BCUT2D eigenvalue weighted by molar-refractivity contribution is 7.18. The number of halogens is 9. The molecule has 23 heteroatoms. The summed E-state index contributed by atoms with van der Waals surface area (Å²) in [5, 5.41) is 32.3. The van der Waals surface area contributed by atoms with Crippen LogP contribution in [-0.4, -0.2) is 112 Å². The normalized spacial score (nSPS) is 13.8. The molecule has 1 aliphatic rings. The predicted molar refractivity (Wildman–Crippen MR) is 168 cm³/mol. The zero-order valence-corrected chi connectivity index (χ0v) is 27.9. The van der Waals surface area contributed by atoms with Gasteiger partial charge in [0.05, 0.1) is 23.0 Å². The van der Waals surface area contributed by atoms with E-state index >= 15 is 0 Å². The minimum atomic E-state index is -5.08. The monoisotopic (exact) mass is 789 g/mol. The molecule has 13 nitrogen and oxygen atoms in total. The number of H-pyrrole nitrogens is 1. The number of aromatic amines is 1. The minimum Gasteiger partial charge on any atom is -0.493 e. The number of thiazole rings is 1. The number of aromatic nitrogens is 3. The molecule has 0 saturated heterocycles. The molecule has 1 unspecified atom stereocenters. The van der Waals surface area contributed by atoms with E-state index in [0.717, 1.165) is 50.6 Å². The number of nitrogens with one attached hydrogen (secondary N) is 2. The van der Waals surface area contributed by atoms with Crippen LogP contribution >= 0.6 is 11.3 Å². The van der Waals surface area contributed by atoms with Crippen LogP contribution < -0.4 is 10.1 Å². The molecule has 0 bridgehead atoms. The maximum atomic E-state index is 12.5. The van der Waals surface area contributed by atoms with Crippen molar-refractivity contribution in [3.8, 4) is 16.9 Å². The third-order valence-corrected chi connectivity index (χ3v) is 7.57. The van der Waals surface area contributed by atoms with Crippen LogP contribution in [0.1, 0.15) is 26.8 Å². The van der Waals surface area contributed by atoms with Crippen LogP contribution in [0.15, 0.2) is 48.8 Å². The highest BCUT2D eigenvalue weighted by Gasteiger charge is 2.39. The highest BCUT2D eigenvalue weighted by atomic mass is 32.1. The third kappa shape index (κ3) is 14.2. The lowest BCUT2D eigenvalue weighted by atomic mass is 9.95. The van der Waals surface area contributed by atoms with E-state index in [2.05, 4.69) is 33.7 Å². The van der Waals surface area contributed by atoms with Gasteiger partial charge in [0, 0.05) is 36.3 Å². The zero-order valence-electron chi connectivity index (χ0n) is 27.1. The Morgan fingerprint density at radius 2 is 1.45 bits per heavy atom. The SMILES string of the molecule is CN(C)CCNC(=O)c1ccc2c(c1)CC(c1nc3ccc(-c4cn[nH]c4)cc3s1)CO2.O=C(O)C(F)(F)F.O=C(O)C(F)(F)F.O=C(O)C(F)(F)F. The number of nitrogens with zero attached hydrogens (tertiary/aromatic N) is 3. The molecule has 53 heavy (non-hydrogen) atoms. The molecule has 5 N–H and O–H groups in total. The smallest absolute Gasteiger partial charge is 0.490 e. The van der Waals surface area contributed by atoms with Gasteiger partial charge in [0.2, 0.25) is 0 Å². The Kier molecular flexibility index (Phi) is 15.1. The van der Waals surface area contributed by atoms with Gasteiger partial charge in [-0.25, -0.2) is 19.4 Å². The lowest BCUT2D eigenvalue weighted by molar-refractivity contribution is -0.193. The number of benzene rings is 2. The number of carbonyl (C=O) groups is 4. The first-order valence-electron chi connectivity index (χ1n) is 14.4. The van der Waals surface area contributed by atoms with Crippen molar-refractivity contribution in [2.75, 3.05) is 33.8 Å². The van der Waals surface area contributed by atoms with E-state index in [1.54, 1.807) is 11.3 Å². The first-order valence-corrected chi connectivity index (χ1v) is 15.2. The molecule has 0 saturated carbocycles. The number of aliphatic carboxylic acids is 3. The van der Waals surface area contributed by atoms with Crippen LogP contribution in [0, 0.1) is 0 Å². The summed E-state index contributed by atoms with van der Waals surface area (Å²) < 4.78 is 102. The predicted octanol–water partition coefficient (Wildman–Crippen LogP) is 5.60. The standard InChI is InChI=1S/C24H25N5O2S.3C2HF3O2/c1-29(2)8-7-25-23(30)16-4-6-21-17(9-16)10-18(14-31-21)24-28-20-5-3-15(11-22(20)32-24)19-12-26-27-13-19;3*3-2(4,5)1(6)7/h3-6,9,11-13,18H,7-8,10,14H2,1-2H3,(H,25,30)(H,26,27);3*(H,6,7). The van der Waals surface area contributed by atoms with Crippen molar-refractivity contribution in [2.24, 2.45) is 0 Å². The van der Waals surface area contributed by atoms with Gasteiger partial charge in [-0.15, -0.1) is 11.3 Å². The zero-order chi connectivity index (χ0) is 40.3. The summed E-state index contributed by atoms with van der Waals surface area (Å²) in [6.45, 7) is 2.02. The van der Waals surface area contributed by atoms with Crippen molar-refractivity contribution in [3.05, 3.63) is 64.9 Å². The summed E-state index contributed by atoms with van der Waals surface area (Å²) >= 11 is 1.71. The van der Waals surface area contributed by atoms with Gasteiger partial charge in [-0.1, -0.05) is 6.07 Å². The van der Waals surface area contributed by atoms with E-state index in [4.69, 9.17) is 39.4 Å². The number of hydrogen-bond donors (Lipinski definition) is 5. The Labute approximate surface area is 296 Å². The number of fused-ring (bicyclic) bond motifs is 2. The summed E-state index contributed by atoms with van der Waals surface area (Å²) in [6.07, 6.45) is -10.7. The Balaban J connectivity index is 0.000000379. The molecule has 0 aliphatic carbocycles. The van der Waals surface area contributed by atoms with E-state index in [9.17, 15) is 44.3 Å². The van der Waals surface area contributed by atoms with E-state index in [-0.39, 0.29) is 11.8 Å². The van der Waals surface area contributed by atoms with Crippen molar-refractivity contribution in [1.82, 2.24) is 25.4 Å². The number of carbonyl (C=O) groups excluding carboxylic acids is 1. The first-order chi connectivity index (χ1) is 24.4. The molecule has 1 amide bonds. The molecule has 1 atom stereocenters. The fraction of sp³-hybridized carbons (Fsp3) is 0.333. The second-order valence-electron chi connectivity index (χ2n) is 10.7. The first kappa shape index (κ1) is 43.7. The number of carboxylic acid groups (broad SMARTS) is 3. The van der Waals surface area contributed by atoms with Gasteiger partial charge in [0.15, 0.2) is 0 Å². The summed E-state index contributed by atoms with van der Waals surface area (Å²) in [5.74, 6) is -7.30. The molecule has 2 aromatic carbocycles. The fourth-order valence-corrected chi connectivity index (χ4v) is 4.99. The van der Waals surface area contributed by atoms with Crippen LogP contribution in [0.2, 0.25) is 0 Å². The van der Waals surface area contributed by atoms with Gasteiger partial charge in [-0.3, -0.25) is 9.89 Å². The van der Waals surface area contributed by atoms with Gasteiger partial charge in [-0.05, 0) is 62.0 Å². The van der Waals surface area contributed by atoms with Gasteiger partial charge < -0.3 is 30.3 Å². The van der Waals surface area contributed by atoms with Crippen molar-refractivity contribution in [3.63, 3.8) is 0 Å². The summed E-state index contributed by atoms with van der Waals surface area (Å²) in [5.41, 5.74) is 4.91. The van der Waals surface area contributed by atoms with E-state index in [1.165, 1.54) is 0 Å². The molecule has 2 aromatic heterocycles. The third-order valence-electron chi connectivity index (χ3n) is 6.39. The average Bonchev–Trinajstić information content (AvgIpc) is 3.74. The van der Waals surface area contributed by atoms with E-state index in [1.807, 2.05) is 49.6 Å². The second kappa shape index (κ2) is 18.3. The average molecular weight is 790 g/mol. The molecular weight excluding hydrogens is 761 g/mol. The number of ether oxygens (including phenoxy) is 1. The van der Waals surface area contributed by atoms with Crippen molar-refractivity contribution in [1.29, 1.82) is 0 Å². The van der Waals surface area contributed by atoms with Gasteiger partial charge in [0.1, 0.15) is 10.8 Å².